The van der Waals surface area contributed by atoms with Crippen molar-refractivity contribution in [2.45, 2.75) is 104 Å². The van der Waals surface area contributed by atoms with Crippen LogP contribution in [0.1, 0.15) is 103 Å². The number of methoxy groups -OCH3 is 2. The molecule has 5 N–H and O–H groups in total. The third-order valence-corrected chi connectivity index (χ3v) is 13.7. The number of nitrogens with one attached hydrogen (secondary N) is 4. The lowest BCUT2D eigenvalue weighted by Crippen LogP contribution is -2.52. The summed E-state index contributed by atoms with van der Waals surface area (Å²) in [7, 11) is 2.64. The first kappa shape index (κ1) is 49.2. The molecule has 9 rings (SSSR count). The Labute approximate surface area is 412 Å². The van der Waals surface area contributed by atoms with Crippen LogP contribution in [0, 0.1) is 23.6 Å². The molecule has 2 saturated heterocycles. The van der Waals surface area contributed by atoms with Crippen LogP contribution in [-0.4, -0.2) is 110 Å². The van der Waals surface area contributed by atoms with Gasteiger partial charge in [0.25, 0.3) is 0 Å². The number of rotatable bonds is 16. The van der Waals surface area contributed by atoms with Crippen molar-refractivity contribution in [1.29, 1.82) is 0 Å². The van der Waals surface area contributed by atoms with Crippen LogP contribution in [0.5, 0.6) is 11.5 Å². The Morgan fingerprint density at radius 3 is 2.10 bits per heavy atom. The minimum absolute atomic E-state index is 0.100. The molecule has 3 amide bonds. The van der Waals surface area contributed by atoms with Crippen LogP contribution in [0.3, 0.4) is 0 Å². The second kappa shape index (κ2) is 20.5. The predicted octanol–water partition coefficient (Wildman–Crippen LogP) is 8.45. The van der Waals surface area contributed by atoms with Gasteiger partial charge in [0, 0.05) is 42.3 Å². The topological polar surface area (TPSA) is 201 Å². The van der Waals surface area contributed by atoms with Gasteiger partial charge >= 0.3 is 6.09 Å². The Morgan fingerprint density at radius 2 is 1.48 bits per heavy atom. The molecule has 3 aliphatic heterocycles. The molecule has 17 nitrogen and oxygen atoms in total. The summed E-state index contributed by atoms with van der Waals surface area (Å²) in [5.74, 6) is 1.46. The van der Waals surface area contributed by atoms with E-state index in [1.807, 2.05) is 91.8 Å². The first-order chi connectivity index (χ1) is 34.1. The first-order valence-corrected chi connectivity index (χ1v) is 24.5. The number of carbonyl (C=O) groups excluding carboxylic acids is 3. The fourth-order valence-electron chi connectivity index (χ4n) is 10.1. The average molecular weight is 974 g/mol. The van der Waals surface area contributed by atoms with Gasteiger partial charge in [-0.2, -0.15) is 0 Å². The van der Waals surface area contributed by atoms with Crippen LogP contribution >= 0.6 is 0 Å². The van der Waals surface area contributed by atoms with Crippen molar-refractivity contribution in [3.05, 3.63) is 96.1 Å². The van der Waals surface area contributed by atoms with Crippen LogP contribution in [0.25, 0.3) is 44.7 Å². The van der Waals surface area contributed by atoms with Gasteiger partial charge in [-0.3, -0.25) is 14.9 Å². The number of benzene rings is 3. The highest BCUT2D eigenvalue weighted by Crippen LogP contribution is 2.48. The number of aliphatic hydroxyl groups excluding tert-OH is 1. The molecule has 18 heteroatoms. The lowest BCUT2D eigenvalue weighted by Gasteiger charge is -2.31. The summed E-state index contributed by atoms with van der Waals surface area (Å²) in [6.07, 6.45) is 3.73. The Hall–Kier alpha value is -6.76. The van der Waals surface area contributed by atoms with E-state index in [1.54, 1.807) is 17.3 Å². The second-order valence-electron chi connectivity index (χ2n) is 19.8. The van der Waals surface area contributed by atoms with E-state index in [-0.39, 0.29) is 35.7 Å². The number of H-pyrrole nitrogens is 2. The quantitative estimate of drug-likeness (QED) is 0.0583. The number of amides is 3. The first-order valence-electron chi connectivity index (χ1n) is 24.5. The number of hydrogen-bond acceptors (Lipinski definition) is 11. The largest absolute Gasteiger partial charge is 0.493 e. The minimum atomic E-state index is -1.27. The molecule has 2 fully saturated rings. The van der Waals surface area contributed by atoms with Gasteiger partial charge in [0.05, 0.1) is 72.4 Å². The number of aliphatic hydroxyl groups is 1. The molecule has 0 radical (unpaired) electrons. The molecule has 3 aromatic carbocycles. The number of hydrogen-bond donors (Lipinski definition) is 5. The van der Waals surface area contributed by atoms with Gasteiger partial charge in [0.1, 0.15) is 35.0 Å². The molecular formula is C53H64FN9O8. The van der Waals surface area contributed by atoms with E-state index in [0.29, 0.717) is 77.7 Å². The van der Waals surface area contributed by atoms with Crippen molar-refractivity contribution >= 4 is 28.8 Å². The number of carbonyl (C=O) groups is 3. The highest BCUT2D eigenvalue weighted by molar-refractivity contribution is 5.93. The van der Waals surface area contributed by atoms with Crippen molar-refractivity contribution in [1.82, 2.24) is 44.9 Å². The van der Waals surface area contributed by atoms with Crippen LogP contribution in [0.2, 0.25) is 0 Å². The summed E-state index contributed by atoms with van der Waals surface area (Å²) >= 11 is 0. The lowest BCUT2D eigenvalue weighted by atomic mass is 10.0. The predicted molar refractivity (Wildman–Crippen MR) is 264 cm³/mol. The Balaban J connectivity index is 1.05. The fourth-order valence-corrected chi connectivity index (χ4v) is 10.1. The summed E-state index contributed by atoms with van der Waals surface area (Å²) in [6, 6.07) is 17.0. The maximum absolute atomic E-state index is 17.0. The number of ether oxygens (including phenoxy) is 4. The average Bonchev–Trinajstić information content (AvgIpc) is 4.22. The molecule has 0 bridgehead atoms. The molecule has 6 unspecified atom stereocenters. The molecule has 3 aliphatic rings. The third kappa shape index (κ3) is 9.84. The molecule has 3 aromatic heterocycles. The van der Waals surface area contributed by atoms with E-state index in [4.69, 9.17) is 28.9 Å². The molecule has 6 atom stereocenters. The maximum atomic E-state index is 17.0. The monoisotopic (exact) mass is 973 g/mol. The van der Waals surface area contributed by atoms with E-state index < -0.39 is 36.6 Å². The summed E-state index contributed by atoms with van der Waals surface area (Å²) in [6.45, 7) is 13.4. The number of fused-ring (bicyclic) bond motifs is 5. The third-order valence-electron chi connectivity index (χ3n) is 13.7. The molecular weight excluding hydrogens is 910 g/mol. The number of aromatic nitrogens is 5. The number of aromatic amines is 2. The Morgan fingerprint density at radius 1 is 0.831 bits per heavy atom. The van der Waals surface area contributed by atoms with Gasteiger partial charge in [-0.1, -0.05) is 59.7 Å². The molecule has 0 spiro atoms. The number of nitrogens with zero attached hydrogens (tertiary/aromatic N) is 5. The van der Waals surface area contributed by atoms with Crippen LogP contribution < -0.4 is 20.1 Å². The number of imidazole rings is 2. The van der Waals surface area contributed by atoms with Crippen LogP contribution in [0.15, 0.2) is 73.1 Å². The summed E-state index contributed by atoms with van der Waals surface area (Å²) < 4.78 is 41.9. The maximum Gasteiger partial charge on any atom is 0.407 e. The molecule has 6 aromatic rings. The van der Waals surface area contributed by atoms with Gasteiger partial charge < -0.3 is 53.7 Å². The van der Waals surface area contributed by atoms with Gasteiger partial charge in [-0.05, 0) is 85.9 Å². The van der Waals surface area contributed by atoms with Crippen molar-refractivity contribution < 1.29 is 42.8 Å². The van der Waals surface area contributed by atoms with Crippen LogP contribution in [-0.2, 0) is 19.1 Å². The highest BCUT2D eigenvalue weighted by Gasteiger charge is 2.40. The minimum Gasteiger partial charge on any atom is -0.493 e. The van der Waals surface area contributed by atoms with Crippen molar-refractivity contribution in [2.24, 2.45) is 17.8 Å². The molecule has 0 aliphatic carbocycles. The lowest BCUT2D eigenvalue weighted by molar-refractivity contribution is -0.145. The van der Waals surface area contributed by atoms with Gasteiger partial charge in [-0.25, -0.2) is 19.2 Å². The van der Waals surface area contributed by atoms with Crippen molar-refractivity contribution in [3.8, 4) is 45.3 Å². The molecule has 71 heavy (non-hydrogen) atoms. The summed E-state index contributed by atoms with van der Waals surface area (Å²) in [5.41, 5.74) is 5.26. The highest BCUT2D eigenvalue weighted by atomic mass is 19.1. The van der Waals surface area contributed by atoms with Gasteiger partial charge in [-0.15, -0.1) is 0 Å². The van der Waals surface area contributed by atoms with E-state index in [2.05, 4.69) is 34.4 Å². The van der Waals surface area contributed by atoms with Crippen LogP contribution in [0.4, 0.5) is 9.18 Å². The van der Waals surface area contributed by atoms with E-state index in [9.17, 15) is 19.5 Å². The second-order valence-corrected chi connectivity index (χ2v) is 19.8. The number of likely N-dealkylation sites (tertiary alicyclic amines) is 2. The van der Waals surface area contributed by atoms with Gasteiger partial charge in [0.2, 0.25) is 24.5 Å². The zero-order valence-electron chi connectivity index (χ0n) is 41.5. The Kier molecular flexibility index (Phi) is 14.2. The summed E-state index contributed by atoms with van der Waals surface area (Å²) in [5, 5.41) is 16.6. The number of halogens is 1. The number of alkyl carbamates (subject to hydrolysis) is 1. The van der Waals surface area contributed by atoms with Crippen molar-refractivity contribution in [2.75, 3.05) is 33.9 Å². The SMILES string of the molecule is COC(=O)NC(C(=O)N1CCCC1c1ncc(-c2cc(F)c3c(c2)OC(c2cccc(OCC(C)C)c2)n2c-3cc3cc(-c4cnc(C5CCCN5C(=O)C(NC(O)OC)C(C)C)[nH]4)ccc32)[nH]1)C(C)C. The van der Waals surface area contributed by atoms with Crippen molar-refractivity contribution in [3.63, 3.8) is 0 Å². The van der Waals surface area contributed by atoms with E-state index in [1.165, 1.54) is 20.3 Å². The van der Waals surface area contributed by atoms with E-state index >= 15 is 4.39 Å². The smallest absolute Gasteiger partial charge is 0.407 e. The summed E-state index contributed by atoms with van der Waals surface area (Å²) in [4.78, 5) is 59.8. The molecule has 0 saturated carbocycles. The fraction of sp³-hybridized carbons (Fsp3) is 0.453. The normalized spacial score (nSPS) is 19.0. The standard InChI is InChI=1S/C53H64FN9O8/c1-28(2)27-70-35-13-9-12-32(21-35)51-63-39-17-16-31(37-25-55-47(57-37)40-14-10-18-61(40)49(64)45(29(3)4)59-52(66)68-7)20-34(39)23-42(63)44-36(54)22-33(24-43(44)71-51)38-26-56-48(58-38)41-15-11-19-62(41)50(65)46(30(5)6)60-53(67)69-8/h9,12-13,16-17,20-26,28-30,40-41,45-46,51-52,59,66H,10-11,14-15,18-19,27H2,1-8H3,(H,55,57)(H,56,58)(H,60,67). The molecule has 376 valence electrons. The van der Waals surface area contributed by atoms with Gasteiger partial charge in [0.15, 0.2) is 0 Å². The Bertz CT molecular complexity index is 2910. The zero-order chi connectivity index (χ0) is 50.2. The molecule has 6 heterocycles. The zero-order valence-corrected chi connectivity index (χ0v) is 41.5. The van der Waals surface area contributed by atoms with E-state index in [0.717, 1.165) is 47.0 Å².